The second-order valence-corrected chi connectivity index (χ2v) is 3.69. The Kier molecular flexibility index (Phi) is 2.65. The molecule has 1 N–H and O–H groups in total. The van der Waals surface area contributed by atoms with Crippen molar-refractivity contribution >= 4 is 27.7 Å². The molecule has 0 spiro atoms. The van der Waals surface area contributed by atoms with Crippen molar-refractivity contribution in [3.05, 3.63) is 0 Å². The lowest BCUT2D eigenvalue weighted by atomic mass is 9.88. The molecule has 0 aromatic heterocycles. The predicted octanol–water partition coefficient (Wildman–Crippen LogP) is 1.20. The zero-order chi connectivity index (χ0) is 8.43. The SMILES string of the molecule is O=C1CCCC(C(=O)O)C1Br. The predicted molar refractivity (Wildman–Crippen MR) is 42.7 cm³/mol. The van der Waals surface area contributed by atoms with E-state index >= 15 is 0 Å². The fourth-order valence-electron chi connectivity index (χ4n) is 1.25. The Hall–Kier alpha value is -0.380. The summed E-state index contributed by atoms with van der Waals surface area (Å²) in [5.41, 5.74) is 0. The Morgan fingerprint density at radius 2 is 2.27 bits per heavy atom. The molecule has 0 radical (unpaired) electrons. The van der Waals surface area contributed by atoms with Crippen molar-refractivity contribution < 1.29 is 14.7 Å². The molecule has 0 amide bonds. The highest BCUT2D eigenvalue weighted by atomic mass is 79.9. The molecular formula is C7H9BrO3. The van der Waals surface area contributed by atoms with Crippen LogP contribution < -0.4 is 0 Å². The molecule has 11 heavy (non-hydrogen) atoms. The number of hydrogen-bond donors (Lipinski definition) is 1. The third kappa shape index (κ3) is 1.80. The summed E-state index contributed by atoms with van der Waals surface area (Å²) in [5, 5.41) is 8.64. The van der Waals surface area contributed by atoms with Crippen LogP contribution in [-0.4, -0.2) is 21.7 Å². The van der Waals surface area contributed by atoms with Gasteiger partial charge in [0, 0.05) is 6.42 Å². The summed E-state index contributed by atoms with van der Waals surface area (Å²) in [6.45, 7) is 0. The number of carbonyl (C=O) groups is 2. The fraction of sp³-hybridized carbons (Fsp3) is 0.714. The lowest BCUT2D eigenvalue weighted by Crippen LogP contribution is -2.33. The Morgan fingerprint density at radius 1 is 1.64 bits per heavy atom. The molecule has 0 bridgehead atoms. The van der Waals surface area contributed by atoms with Gasteiger partial charge in [0.15, 0.2) is 0 Å². The number of Topliss-reactive ketones (excluding diaryl/α,β-unsaturated/α-hetero) is 1. The van der Waals surface area contributed by atoms with Crippen molar-refractivity contribution in [2.24, 2.45) is 5.92 Å². The third-order valence-corrected chi connectivity index (χ3v) is 3.07. The van der Waals surface area contributed by atoms with Crippen LogP contribution >= 0.6 is 15.9 Å². The van der Waals surface area contributed by atoms with Gasteiger partial charge >= 0.3 is 5.97 Å². The highest BCUT2D eigenvalue weighted by molar-refractivity contribution is 9.10. The molecule has 1 aliphatic rings. The molecule has 1 aliphatic carbocycles. The highest BCUT2D eigenvalue weighted by Crippen LogP contribution is 2.27. The summed E-state index contributed by atoms with van der Waals surface area (Å²) in [4.78, 5) is 21.1. The average Bonchev–Trinajstić information content (AvgIpc) is 1.94. The Balaban J connectivity index is 2.65. The van der Waals surface area contributed by atoms with E-state index in [0.717, 1.165) is 0 Å². The number of carboxylic acids is 1. The van der Waals surface area contributed by atoms with Crippen LogP contribution in [0.15, 0.2) is 0 Å². The highest BCUT2D eigenvalue weighted by Gasteiger charge is 2.34. The van der Waals surface area contributed by atoms with E-state index in [1.165, 1.54) is 0 Å². The van der Waals surface area contributed by atoms with E-state index in [0.29, 0.717) is 19.3 Å². The van der Waals surface area contributed by atoms with Gasteiger partial charge in [0.1, 0.15) is 5.78 Å². The van der Waals surface area contributed by atoms with Crippen molar-refractivity contribution in [3.63, 3.8) is 0 Å². The van der Waals surface area contributed by atoms with Gasteiger partial charge in [-0.05, 0) is 12.8 Å². The van der Waals surface area contributed by atoms with Crippen molar-refractivity contribution in [2.45, 2.75) is 24.1 Å². The first-order valence-corrected chi connectivity index (χ1v) is 4.44. The number of carbonyl (C=O) groups excluding carboxylic acids is 1. The molecule has 0 heterocycles. The van der Waals surface area contributed by atoms with Gasteiger partial charge in [0.2, 0.25) is 0 Å². The zero-order valence-corrected chi connectivity index (χ0v) is 7.50. The van der Waals surface area contributed by atoms with Crippen LogP contribution in [0, 0.1) is 5.92 Å². The first-order valence-electron chi connectivity index (χ1n) is 3.52. The largest absolute Gasteiger partial charge is 0.481 e. The first-order chi connectivity index (χ1) is 5.13. The van der Waals surface area contributed by atoms with E-state index in [1.807, 2.05) is 0 Å². The number of halogens is 1. The van der Waals surface area contributed by atoms with E-state index in [4.69, 9.17) is 5.11 Å². The molecule has 1 fully saturated rings. The molecule has 2 unspecified atom stereocenters. The standard InChI is InChI=1S/C7H9BrO3/c8-6-4(7(10)11)2-1-3-5(6)9/h4,6H,1-3H2,(H,10,11). The number of rotatable bonds is 1. The second kappa shape index (κ2) is 3.34. The molecule has 2 atom stereocenters. The van der Waals surface area contributed by atoms with Crippen LogP contribution in [0.2, 0.25) is 0 Å². The van der Waals surface area contributed by atoms with Crippen molar-refractivity contribution in [2.75, 3.05) is 0 Å². The first kappa shape index (κ1) is 8.71. The Morgan fingerprint density at radius 3 is 2.73 bits per heavy atom. The van der Waals surface area contributed by atoms with E-state index in [2.05, 4.69) is 15.9 Å². The van der Waals surface area contributed by atoms with E-state index in [1.54, 1.807) is 0 Å². The van der Waals surface area contributed by atoms with Gasteiger partial charge in [-0.3, -0.25) is 9.59 Å². The normalized spacial score (nSPS) is 31.9. The third-order valence-electron chi connectivity index (χ3n) is 1.92. The van der Waals surface area contributed by atoms with Gasteiger partial charge in [-0.25, -0.2) is 0 Å². The van der Waals surface area contributed by atoms with Crippen LogP contribution in [0.1, 0.15) is 19.3 Å². The summed E-state index contributed by atoms with van der Waals surface area (Å²) in [5.74, 6) is -1.38. The van der Waals surface area contributed by atoms with Crippen molar-refractivity contribution in [1.29, 1.82) is 0 Å². The minimum absolute atomic E-state index is 0.0173. The minimum atomic E-state index is -0.875. The lowest BCUT2D eigenvalue weighted by molar-refractivity contribution is -0.144. The topological polar surface area (TPSA) is 54.4 Å². The van der Waals surface area contributed by atoms with Gasteiger partial charge in [0.05, 0.1) is 10.7 Å². The van der Waals surface area contributed by atoms with Crippen molar-refractivity contribution in [3.8, 4) is 0 Å². The van der Waals surface area contributed by atoms with Crippen LogP contribution in [-0.2, 0) is 9.59 Å². The van der Waals surface area contributed by atoms with Crippen LogP contribution in [0.3, 0.4) is 0 Å². The van der Waals surface area contributed by atoms with Crippen LogP contribution in [0.4, 0.5) is 0 Å². The molecule has 3 nitrogen and oxygen atoms in total. The molecular weight excluding hydrogens is 212 g/mol. The molecule has 62 valence electrons. The molecule has 0 aromatic carbocycles. The van der Waals surface area contributed by atoms with Gasteiger partial charge < -0.3 is 5.11 Å². The summed E-state index contributed by atoms with van der Waals surface area (Å²) in [6, 6.07) is 0. The summed E-state index contributed by atoms with van der Waals surface area (Å²) in [7, 11) is 0. The van der Waals surface area contributed by atoms with E-state index < -0.39 is 16.7 Å². The molecule has 1 saturated carbocycles. The monoisotopic (exact) mass is 220 g/mol. The van der Waals surface area contributed by atoms with Gasteiger partial charge in [0.25, 0.3) is 0 Å². The summed E-state index contributed by atoms with van der Waals surface area (Å²) < 4.78 is 0. The number of ketones is 1. The number of alkyl halides is 1. The molecule has 1 rings (SSSR count). The quantitative estimate of drug-likeness (QED) is 0.677. The Bertz CT molecular complexity index is 190. The maximum atomic E-state index is 11.0. The maximum Gasteiger partial charge on any atom is 0.308 e. The number of hydrogen-bond acceptors (Lipinski definition) is 2. The van der Waals surface area contributed by atoms with Gasteiger partial charge in [-0.1, -0.05) is 15.9 Å². The summed E-state index contributed by atoms with van der Waals surface area (Å²) in [6.07, 6.45) is 1.83. The van der Waals surface area contributed by atoms with Gasteiger partial charge in [-0.15, -0.1) is 0 Å². The zero-order valence-electron chi connectivity index (χ0n) is 5.92. The molecule has 0 aliphatic heterocycles. The maximum absolute atomic E-state index is 11.0. The minimum Gasteiger partial charge on any atom is -0.481 e. The van der Waals surface area contributed by atoms with Crippen LogP contribution in [0.5, 0.6) is 0 Å². The number of carboxylic acid groups (broad SMARTS) is 1. The lowest BCUT2D eigenvalue weighted by Gasteiger charge is -2.21. The van der Waals surface area contributed by atoms with Gasteiger partial charge in [-0.2, -0.15) is 0 Å². The van der Waals surface area contributed by atoms with E-state index in [9.17, 15) is 9.59 Å². The van der Waals surface area contributed by atoms with Crippen LogP contribution in [0.25, 0.3) is 0 Å². The average molecular weight is 221 g/mol. The molecule has 0 saturated heterocycles. The molecule has 4 heteroatoms. The second-order valence-electron chi connectivity index (χ2n) is 2.71. The smallest absolute Gasteiger partial charge is 0.308 e. The number of aliphatic carboxylic acids is 1. The Labute approximate surface area is 72.9 Å². The van der Waals surface area contributed by atoms with E-state index in [-0.39, 0.29) is 5.78 Å². The molecule has 0 aromatic rings. The van der Waals surface area contributed by atoms with Crippen molar-refractivity contribution in [1.82, 2.24) is 0 Å². The summed E-state index contributed by atoms with van der Waals surface area (Å²) >= 11 is 3.09. The fourth-order valence-corrected chi connectivity index (χ4v) is 1.97.